The number of nitrogens with zero attached hydrogens (tertiary/aromatic N) is 4. The van der Waals surface area contributed by atoms with Crippen LogP contribution in [0.15, 0.2) is 0 Å². The molecule has 2 aromatic heterocycles. The third-order valence-electron chi connectivity index (χ3n) is 2.27. The van der Waals surface area contributed by atoms with Crippen molar-refractivity contribution in [2.75, 3.05) is 6.54 Å². The molecule has 0 unspecified atom stereocenters. The Balaban J connectivity index is 2.10. The maximum atomic E-state index is 12.5. The first kappa shape index (κ1) is 13.7. The van der Waals surface area contributed by atoms with Gasteiger partial charge in [0.2, 0.25) is 10.9 Å². The van der Waals surface area contributed by atoms with Gasteiger partial charge in [-0.15, -0.1) is 10.2 Å². The molecule has 6 nitrogen and oxygen atoms in total. The molecule has 2 aromatic rings. The number of amides is 1. The Hall–Kier alpha value is -1.71. The van der Waals surface area contributed by atoms with E-state index in [-0.39, 0.29) is 10.9 Å². The van der Waals surface area contributed by atoms with Crippen molar-refractivity contribution in [1.29, 1.82) is 0 Å². The van der Waals surface area contributed by atoms with Gasteiger partial charge in [-0.3, -0.25) is 4.79 Å². The molecular formula is C9H10F3N5OS. The van der Waals surface area contributed by atoms with E-state index >= 15 is 0 Å². The lowest BCUT2D eigenvalue weighted by Crippen LogP contribution is -2.24. The number of carbonyl (C=O) groups excluding carboxylic acids is 1. The maximum Gasteiger partial charge on any atom is 0.453 e. The SMILES string of the molecule is CCC(=O)NCCc1nn2c(C(F)(F)F)nnc2s1. The standard InChI is InChI=1S/C9H10F3N5OS/c1-2-5(18)13-4-3-6-16-17-7(9(10,11)12)14-15-8(17)19-6/h2-4H2,1H3,(H,13,18). The van der Waals surface area contributed by atoms with Crippen LogP contribution in [0.5, 0.6) is 0 Å². The summed E-state index contributed by atoms with van der Waals surface area (Å²) in [4.78, 5) is 11.1. The zero-order valence-corrected chi connectivity index (χ0v) is 10.7. The van der Waals surface area contributed by atoms with Gasteiger partial charge in [0.25, 0.3) is 5.82 Å². The van der Waals surface area contributed by atoms with Gasteiger partial charge >= 0.3 is 6.18 Å². The summed E-state index contributed by atoms with van der Waals surface area (Å²) in [6, 6.07) is 0. The topological polar surface area (TPSA) is 72.2 Å². The largest absolute Gasteiger partial charge is 0.453 e. The lowest BCUT2D eigenvalue weighted by molar-refractivity contribution is -0.146. The molecule has 0 radical (unpaired) electrons. The van der Waals surface area contributed by atoms with Crippen LogP contribution in [0.4, 0.5) is 13.2 Å². The number of hydrogen-bond acceptors (Lipinski definition) is 5. The number of nitrogens with one attached hydrogen (secondary N) is 1. The van der Waals surface area contributed by atoms with E-state index in [0.29, 0.717) is 28.9 Å². The van der Waals surface area contributed by atoms with Gasteiger partial charge in [0.15, 0.2) is 0 Å². The Morgan fingerprint density at radius 1 is 1.42 bits per heavy atom. The summed E-state index contributed by atoms with van der Waals surface area (Å²) in [5, 5.41) is 13.4. The monoisotopic (exact) mass is 293 g/mol. The molecule has 10 heteroatoms. The minimum absolute atomic E-state index is 0.0872. The predicted octanol–water partition coefficient (Wildman–Crippen LogP) is 1.27. The lowest BCUT2D eigenvalue weighted by atomic mass is 10.4. The van der Waals surface area contributed by atoms with E-state index < -0.39 is 12.0 Å². The molecule has 19 heavy (non-hydrogen) atoms. The smallest absolute Gasteiger partial charge is 0.356 e. The fraction of sp³-hybridized carbons (Fsp3) is 0.556. The van der Waals surface area contributed by atoms with Gasteiger partial charge in [0.1, 0.15) is 5.01 Å². The van der Waals surface area contributed by atoms with Crippen LogP contribution in [-0.2, 0) is 17.4 Å². The molecule has 0 saturated carbocycles. The molecule has 0 aliphatic rings. The summed E-state index contributed by atoms with van der Waals surface area (Å²) in [6.07, 6.45) is -3.86. The van der Waals surface area contributed by atoms with Crippen molar-refractivity contribution in [3.8, 4) is 0 Å². The second-order valence-corrected chi connectivity index (χ2v) is 4.71. The van der Waals surface area contributed by atoms with Crippen molar-refractivity contribution in [2.45, 2.75) is 25.9 Å². The third-order valence-corrected chi connectivity index (χ3v) is 3.23. The Morgan fingerprint density at radius 2 is 2.16 bits per heavy atom. The molecule has 0 aliphatic carbocycles. The number of aromatic nitrogens is 4. The van der Waals surface area contributed by atoms with Gasteiger partial charge in [-0.1, -0.05) is 18.3 Å². The van der Waals surface area contributed by atoms with E-state index in [1.165, 1.54) is 0 Å². The van der Waals surface area contributed by atoms with E-state index in [0.717, 1.165) is 11.3 Å². The van der Waals surface area contributed by atoms with Crippen LogP contribution in [0.3, 0.4) is 0 Å². The Labute approximate surface area is 109 Å². The molecule has 1 amide bonds. The van der Waals surface area contributed by atoms with Gasteiger partial charge in [0.05, 0.1) is 0 Å². The minimum atomic E-state index is -4.58. The van der Waals surface area contributed by atoms with Crippen molar-refractivity contribution in [2.24, 2.45) is 0 Å². The first-order valence-corrected chi connectivity index (χ1v) is 6.28. The Morgan fingerprint density at radius 3 is 2.79 bits per heavy atom. The molecule has 2 rings (SSSR count). The van der Waals surface area contributed by atoms with Crippen LogP contribution in [0, 0.1) is 0 Å². The van der Waals surface area contributed by atoms with Gasteiger partial charge in [0, 0.05) is 19.4 Å². The average Bonchev–Trinajstić information content (AvgIpc) is 2.86. The summed E-state index contributed by atoms with van der Waals surface area (Å²) in [6.45, 7) is 2.05. The summed E-state index contributed by atoms with van der Waals surface area (Å²) in [5.74, 6) is -1.25. The predicted molar refractivity (Wildman–Crippen MR) is 60.7 cm³/mol. The molecule has 0 fully saturated rings. The number of alkyl halides is 3. The highest BCUT2D eigenvalue weighted by molar-refractivity contribution is 7.16. The second-order valence-electron chi connectivity index (χ2n) is 3.67. The molecule has 0 spiro atoms. The second kappa shape index (κ2) is 5.11. The number of carbonyl (C=O) groups is 1. The van der Waals surface area contributed by atoms with Crippen LogP contribution in [0.25, 0.3) is 4.96 Å². The fourth-order valence-electron chi connectivity index (χ4n) is 1.37. The Kier molecular flexibility index (Phi) is 3.69. The first-order chi connectivity index (χ1) is 8.91. The fourth-order valence-corrected chi connectivity index (χ4v) is 2.20. The highest BCUT2D eigenvalue weighted by atomic mass is 32.1. The van der Waals surface area contributed by atoms with Gasteiger partial charge in [-0.2, -0.15) is 22.8 Å². The molecule has 104 valence electrons. The van der Waals surface area contributed by atoms with E-state index in [4.69, 9.17) is 0 Å². The lowest BCUT2D eigenvalue weighted by Gasteiger charge is -2.01. The maximum absolute atomic E-state index is 12.5. The zero-order chi connectivity index (χ0) is 14.0. The van der Waals surface area contributed by atoms with Crippen LogP contribution in [0.2, 0.25) is 0 Å². The molecule has 0 atom stereocenters. The first-order valence-electron chi connectivity index (χ1n) is 5.47. The quantitative estimate of drug-likeness (QED) is 0.921. The third kappa shape index (κ3) is 3.00. The van der Waals surface area contributed by atoms with Gasteiger partial charge < -0.3 is 5.32 Å². The number of rotatable bonds is 4. The number of halogens is 3. The number of hydrogen-bond donors (Lipinski definition) is 1. The van der Waals surface area contributed by atoms with E-state index in [2.05, 4.69) is 20.6 Å². The summed E-state index contributed by atoms with van der Waals surface area (Å²) in [7, 11) is 0. The van der Waals surface area contributed by atoms with Crippen molar-refractivity contribution >= 4 is 22.2 Å². The minimum Gasteiger partial charge on any atom is -0.356 e. The zero-order valence-electron chi connectivity index (χ0n) is 9.86. The highest BCUT2D eigenvalue weighted by Gasteiger charge is 2.38. The van der Waals surface area contributed by atoms with Crippen molar-refractivity contribution < 1.29 is 18.0 Å². The van der Waals surface area contributed by atoms with Crippen LogP contribution in [0.1, 0.15) is 24.2 Å². The van der Waals surface area contributed by atoms with Crippen LogP contribution >= 0.6 is 11.3 Å². The Bertz CT molecular complexity index is 590. The molecule has 0 saturated heterocycles. The van der Waals surface area contributed by atoms with E-state index in [9.17, 15) is 18.0 Å². The molecule has 0 aromatic carbocycles. The van der Waals surface area contributed by atoms with Gasteiger partial charge in [-0.05, 0) is 0 Å². The molecular weight excluding hydrogens is 283 g/mol. The summed E-state index contributed by atoms with van der Waals surface area (Å²) < 4.78 is 38.3. The molecule has 0 aliphatic heterocycles. The molecule has 2 heterocycles. The highest BCUT2D eigenvalue weighted by Crippen LogP contribution is 2.28. The molecule has 0 bridgehead atoms. The van der Waals surface area contributed by atoms with E-state index in [1.54, 1.807) is 6.92 Å². The number of fused-ring (bicyclic) bond motifs is 1. The van der Waals surface area contributed by atoms with E-state index in [1.807, 2.05) is 0 Å². The summed E-state index contributed by atoms with van der Waals surface area (Å²) >= 11 is 1.02. The normalized spacial score (nSPS) is 12.0. The van der Waals surface area contributed by atoms with Crippen LogP contribution < -0.4 is 5.32 Å². The van der Waals surface area contributed by atoms with Crippen LogP contribution in [-0.4, -0.2) is 32.3 Å². The van der Waals surface area contributed by atoms with Crippen molar-refractivity contribution in [3.05, 3.63) is 10.8 Å². The molecule has 1 N–H and O–H groups in total. The average molecular weight is 293 g/mol. The van der Waals surface area contributed by atoms with Crippen molar-refractivity contribution in [3.63, 3.8) is 0 Å². The summed E-state index contributed by atoms with van der Waals surface area (Å²) in [5.41, 5.74) is 0. The van der Waals surface area contributed by atoms with Gasteiger partial charge in [-0.25, -0.2) is 0 Å². The van der Waals surface area contributed by atoms with Crippen molar-refractivity contribution in [1.82, 2.24) is 25.1 Å².